The van der Waals surface area contributed by atoms with E-state index in [4.69, 9.17) is 13.8 Å². The molecule has 21 heavy (non-hydrogen) atoms. The van der Waals surface area contributed by atoms with E-state index in [0.29, 0.717) is 13.2 Å². The Labute approximate surface area is 124 Å². The van der Waals surface area contributed by atoms with Crippen molar-refractivity contribution >= 4 is 18.4 Å². The van der Waals surface area contributed by atoms with Crippen molar-refractivity contribution in [3.8, 4) is 0 Å². The lowest BCUT2D eigenvalue weighted by Gasteiger charge is -2.14. The summed E-state index contributed by atoms with van der Waals surface area (Å²) in [5.74, 6) is -0.497. The number of ether oxygens (including phenoxy) is 1. The van der Waals surface area contributed by atoms with Gasteiger partial charge >= 0.3 is 7.60 Å². The molecule has 1 fully saturated rings. The number of epoxide rings is 1. The normalized spacial score (nSPS) is 21.6. The predicted octanol–water partition coefficient (Wildman–Crippen LogP) is 4.50. The molecule has 1 saturated heterocycles. The average molecular weight is 306 g/mol. The Kier molecular flexibility index (Phi) is 4.14. The topological polar surface area (TPSA) is 48.1 Å². The molecule has 0 amide bonds. The first-order chi connectivity index (χ1) is 10.2. The van der Waals surface area contributed by atoms with Crippen LogP contribution < -0.4 is 0 Å². The summed E-state index contributed by atoms with van der Waals surface area (Å²) >= 11 is 0. The SMILES string of the molecule is CCOP(=O)(OCC)[C@@H]1O[C@H]1c1cccc2ccccc12. The zero-order chi connectivity index (χ0) is 14.9. The fourth-order valence-corrected chi connectivity index (χ4v) is 4.48. The summed E-state index contributed by atoms with van der Waals surface area (Å²) in [6, 6.07) is 14.2. The van der Waals surface area contributed by atoms with Gasteiger partial charge in [0, 0.05) is 0 Å². The van der Waals surface area contributed by atoms with Crippen LogP contribution in [0.3, 0.4) is 0 Å². The maximum Gasteiger partial charge on any atom is 0.362 e. The number of rotatable bonds is 6. The van der Waals surface area contributed by atoms with Crippen molar-refractivity contribution in [2.75, 3.05) is 13.2 Å². The second-order valence-corrected chi connectivity index (χ2v) is 7.00. The van der Waals surface area contributed by atoms with Crippen molar-refractivity contribution < 1.29 is 18.3 Å². The molecule has 0 bridgehead atoms. The molecular weight excluding hydrogens is 287 g/mol. The fraction of sp³-hybridized carbons (Fsp3) is 0.375. The Hall–Kier alpha value is -1.19. The molecule has 2 atom stereocenters. The van der Waals surface area contributed by atoms with Gasteiger partial charge in [0.1, 0.15) is 6.10 Å². The fourth-order valence-electron chi connectivity index (χ4n) is 2.61. The van der Waals surface area contributed by atoms with Crippen molar-refractivity contribution in [3.63, 3.8) is 0 Å². The average Bonchev–Trinajstić information content (AvgIpc) is 3.28. The van der Waals surface area contributed by atoms with E-state index in [0.717, 1.165) is 16.3 Å². The largest absolute Gasteiger partial charge is 0.362 e. The first-order valence-electron chi connectivity index (χ1n) is 7.21. The van der Waals surface area contributed by atoms with Gasteiger partial charge in [0.25, 0.3) is 0 Å². The Morgan fingerprint density at radius 2 is 1.71 bits per heavy atom. The molecule has 0 spiro atoms. The van der Waals surface area contributed by atoms with Gasteiger partial charge in [-0.3, -0.25) is 4.57 Å². The van der Waals surface area contributed by atoms with Crippen LogP contribution >= 0.6 is 7.60 Å². The Bertz CT molecular complexity index is 670. The van der Waals surface area contributed by atoms with E-state index >= 15 is 0 Å². The van der Waals surface area contributed by atoms with E-state index in [1.54, 1.807) is 13.8 Å². The van der Waals surface area contributed by atoms with Crippen molar-refractivity contribution in [1.82, 2.24) is 0 Å². The summed E-state index contributed by atoms with van der Waals surface area (Å²) in [6.45, 7) is 4.31. The van der Waals surface area contributed by atoms with Crippen molar-refractivity contribution in [2.24, 2.45) is 0 Å². The van der Waals surface area contributed by atoms with Crippen LogP contribution in [-0.2, 0) is 18.3 Å². The third-order valence-corrected chi connectivity index (χ3v) is 5.78. The maximum absolute atomic E-state index is 12.7. The second kappa shape index (κ2) is 5.90. The van der Waals surface area contributed by atoms with Gasteiger partial charge < -0.3 is 13.8 Å². The van der Waals surface area contributed by atoms with Crippen molar-refractivity contribution in [2.45, 2.75) is 25.8 Å². The zero-order valence-electron chi connectivity index (χ0n) is 12.2. The summed E-state index contributed by atoms with van der Waals surface area (Å²) in [6.07, 6.45) is -0.222. The van der Waals surface area contributed by atoms with Gasteiger partial charge in [0.15, 0.2) is 5.85 Å². The summed E-state index contributed by atoms with van der Waals surface area (Å²) in [5.41, 5.74) is 1.04. The lowest BCUT2D eigenvalue weighted by Crippen LogP contribution is -2.02. The van der Waals surface area contributed by atoms with E-state index in [1.165, 1.54) is 0 Å². The number of fused-ring (bicyclic) bond motifs is 1. The molecule has 2 aromatic carbocycles. The maximum atomic E-state index is 12.7. The highest BCUT2D eigenvalue weighted by atomic mass is 31.2. The number of hydrogen-bond donors (Lipinski definition) is 0. The molecular formula is C16H19O4P. The van der Waals surface area contributed by atoms with Gasteiger partial charge in [0.2, 0.25) is 0 Å². The first kappa shape index (κ1) is 14.7. The van der Waals surface area contributed by atoms with Crippen molar-refractivity contribution in [1.29, 1.82) is 0 Å². The minimum atomic E-state index is -3.20. The van der Waals surface area contributed by atoms with E-state index < -0.39 is 13.4 Å². The number of benzene rings is 2. The van der Waals surface area contributed by atoms with Crippen LogP contribution in [0.15, 0.2) is 42.5 Å². The Balaban J connectivity index is 1.91. The van der Waals surface area contributed by atoms with Gasteiger partial charge in [0.05, 0.1) is 13.2 Å². The minimum absolute atomic E-state index is 0.222. The van der Waals surface area contributed by atoms with Crippen LogP contribution in [0, 0.1) is 0 Å². The molecule has 0 unspecified atom stereocenters. The summed E-state index contributed by atoms with van der Waals surface area (Å²) < 4.78 is 29.1. The molecule has 3 rings (SSSR count). The first-order valence-corrected chi connectivity index (χ1v) is 8.82. The lowest BCUT2D eigenvalue weighted by atomic mass is 10.0. The molecule has 0 aliphatic carbocycles. The highest BCUT2D eigenvalue weighted by Gasteiger charge is 2.56. The summed E-state index contributed by atoms with van der Waals surface area (Å²) in [7, 11) is -3.20. The second-order valence-electron chi connectivity index (χ2n) is 4.89. The van der Waals surface area contributed by atoms with E-state index in [9.17, 15) is 4.57 Å². The smallest absolute Gasteiger partial charge is 0.351 e. The van der Waals surface area contributed by atoms with Crippen molar-refractivity contribution in [3.05, 3.63) is 48.0 Å². The van der Waals surface area contributed by atoms with Gasteiger partial charge in [-0.2, -0.15) is 0 Å². The van der Waals surface area contributed by atoms with E-state index in [2.05, 4.69) is 18.2 Å². The third kappa shape index (κ3) is 2.77. The molecule has 1 heterocycles. The quantitative estimate of drug-likeness (QED) is 0.582. The van der Waals surface area contributed by atoms with Crippen LogP contribution in [0.25, 0.3) is 10.8 Å². The van der Waals surface area contributed by atoms with Crippen LogP contribution in [0.4, 0.5) is 0 Å². The highest BCUT2D eigenvalue weighted by Crippen LogP contribution is 2.66. The Morgan fingerprint density at radius 3 is 2.43 bits per heavy atom. The van der Waals surface area contributed by atoms with E-state index in [-0.39, 0.29) is 6.10 Å². The summed E-state index contributed by atoms with van der Waals surface area (Å²) in [5, 5.41) is 2.26. The molecule has 2 aromatic rings. The summed E-state index contributed by atoms with van der Waals surface area (Å²) in [4.78, 5) is 0. The molecule has 0 saturated carbocycles. The van der Waals surface area contributed by atoms with Gasteiger partial charge in [-0.1, -0.05) is 42.5 Å². The zero-order valence-corrected chi connectivity index (χ0v) is 13.1. The lowest BCUT2D eigenvalue weighted by molar-refractivity contribution is 0.208. The molecule has 4 nitrogen and oxygen atoms in total. The van der Waals surface area contributed by atoms with Crippen LogP contribution in [0.5, 0.6) is 0 Å². The van der Waals surface area contributed by atoms with Gasteiger partial charge in [-0.25, -0.2) is 0 Å². The van der Waals surface area contributed by atoms with Gasteiger partial charge in [-0.05, 0) is 30.2 Å². The molecule has 1 aliphatic heterocycles. The Morgan fingerprint density at radius 1 is 1.05 bits per heavy atom. The molecule has 5 heteroatoms. The minimum Gasteiger partial charge on any atom is -0.351 e. The standard InChI is InChI=1S/C16H19O4P/c1-3-18-21(17,19-4-2)16-15(20-16)14-11-7-9-12-8-5-6-10-13(12)14/h5-11,15-16H,3-4H2,1-2H3/t15-,16-/m0/s1. The van der Waals surface area contributed by atoms with Crippen LogP contribution in [0.1, 0.15) is 25.5 Å². The number of hydrogen-bond acceptors (Lipinski definition) is 4. The monoisotopic (exact) mass is 306 g/mol. The third-order valence-electron chi connectivity index (χ3n) is 3.53. The van der Waals surface area contributed by atoms with Crippen LogP contribution in [-0.4, -0.2) is 19.1 Å². The highest BCUT2D eigenvalue weighted by molar-refractivity contribution is 7.54. The van der Waals surface area contributed by atoms with E-state index in [1.807, 2.05) is 24.3 Å². The van der Waals surface area contributed by atoms with Gasteiger partial charge in [-0.15, -0.1) is 0 Å². The molecule has 112 valence electrons. The molecule has 0 aromatic heterocycles. The molecule has 1 aliphatic rings. The molecule has 0 radical (unpaired) electrons. The predicted molar refractivity (Wildman–Crippen MR) is 82.4 cm³/mol. The molecule has 0 N–H and O–H groups in total. The van der Waals surface area contributed by atoms with Crippen LogP contribution in [0.2, 0.25) is 0 Å².